The lowest BCUT2D eigenvalue weighted by molar-refractivity contribution is 0.0698. The minimum Gasteiger partial charge on any atom is -0.486 e. The summed E-state index contributed by atoms with van der Waals surface area (Å²) < 4.78 is 5.72. The van der Waals surface area contributed by atoms with Crippen molar-refractivity contribution in [2.45, 2.75) is 6.61 Å². The molecular formula is C15H9Cl2NO3S. The maximum Gasteiger partial charge on any atom is 0.349 e. The van der Waals surface area contributed by atoms with E-state index in [1.54, 1.807) is 36.5 Å². The van der Waals surface area contributed by atoms with Gasteiger partial charge in [0, 0.05) is 6.20 Å². The van der Waals surface area contributed by atoms with Crippen LogP contribution in [-0.4, -0.2) is 16.1 Å². The van der Waals surface area contributed by atoms with E-state index >= 15 is 0 Å². The van der Waals surface area contributed by atoms with Gasteiger partial charge in [0.05, 0.1) is 15.4 Å². The van der Waals surface area contributed by atoms with Crippen LogP contribution in [0.25, 0.3) is 10.2 Å². The zero-order chi connectivity index (χ0) is 15.7. The quantitative estimate of drug-likeness (QED) is 0.725. The highest BCUT2D eigenvalue weighted by Crippen LogP contribution is 2.37. The van der Waals surface area contributed by atoms with Crippen molar-refractivity contribution < 1.29 is 14.6 Å². The van der Waals surface area contributed by atoms with Gasteiger partial charge in [0.1, 0.15) is 11.4 Å². The van der Waals surface area contributed by atoms with Crippen molar-refractivity contribution in [2.75, 3.05) is 0 Å². The molecule has 3 aromatic rings. The van der Waals surface area contributed by atoms with Crippen LogP contribution in [0.15, 0.2) is 36.5 Å². The normalized spacial score (nSPS) is 10.8. The zero-order valence-corrected chi connectivity index (χ0v) is 13.4. The molecule has 0 unspecified atom stereocenters. The summed E-state index contributed by atoms with van der Waals surface area (Å²) in [4.78, 5) is 16.3. The minimum atomic E-state index is -1.04. The molecule has 4 nitrogen and oxygen atoms in total. The Hall–Kier alpha value is -1.82. The van der Waals surface area contributed by atoms with E-state index in [2.05, 4.69) is 4.98 Å². The molecular weight excluding hydrogens is 345 g/mol. The topological polar surface area (TPSA) is 59.4 Å². The van der Waals surface area contributed by atoms with Gasteiger partial charge in [-0.15, -0.1) is 11.3 Å². The van der Waals surface area contributed by atoms with Gasteiger partial charge in [0.2, 0.25) is 0 Å². The van der Waals surface area contributed by atoms with E-state index < -0.39 is 5.97 Å². The summed E-state index contributed by atoms with van der Waals surface area (Å²) in [6, 6.07) is 8.68. The third-order valence-corrected chi connectivity index (χ3v) is 4.80. The van der Waals surface area contributed by atoms with Crippen LogP contribution in [0.5, 0.6) is 5.75 Å². The van der Waals surface area contributed by atoms with Crippen molar-refractivity contribution in [3.63, 3.8) is 0 Å². The third-order valence-electron chi connectivity index (χ3n) is 2.98. The maximum absolute atomic E-state index is 11.4. The number of pyridine rings is 1. The van der Waals surface area contributed by atoms with Crippen molar-refractivity contribution in [2.24, 2.45) is 0 Å². The Bertz CT molecular complexity index is 863. The Balaban J connectivity index is 1.94. The number of halogens is 2. The molecule has 0 aliphatic rings. The van der Waals surface area contributed by atoms with E-state index in [-0.39, 0.29) is 11.5 Å². The van der Waals surface area contributed by atoms with Crippen molar-refractivity contribution in [3.05, 3.63) is 57.0 Å². The van der Waals surface area contributed by atoms with E-state index in [0.29, 0.717) is 26.0 Å². The molecule has 0 amide bonds. The van der Waals surface area contributed by atoms with Gasteiger partial charge in [-0.25, -0.2) is 9.78 Å². The standard InChI is InChI=1S/C15H9Cl2NO3S/c16-10-4-3-8(6-11(10)17)7-21-12-9-2-1-5-18-14(9)22-13(12)15(19)20/h1-6H,7H2,(H,19,20). The number of hydrogen-bond acceptors (Lipinski definition) is 4. The zero-order valence-electron chi connectivity index (χ0n) is 11.0. The highest BCUT2D eigenvalue weighted by atomic mass is 35.5. The summed E-state index contributed by atoms with van der Waals surface area (Å²) in [6.45, 7) is 0.192. The monoisotopic (exact) mass is 353 g/mol. The average molecular weight is 354 g/mol. The highest BCUT2D eigenvalue weighted by molar-refractivity contribution is 7.20. The summed E-state index contributed by atoms with van der Waals surface area (Å²) in [5.41, 5.74) is 0.800. The smallest absolute Gasteiger partial charge is 0.349 e. The Morgan fingerprint density at radius 2 is 2.09 bits per heavy atom. The summed E-state index contributed by atoms with van der Waals surface area (Å²) >= 11 is 12.9. The molecule has 22 heavy (non-hydrogen) atoms. The fourth-order valence-electron chi connectivity index (χ4n) is 1.98. The molecule has 0 saturated heterocycles. The predicted octanol–water partition coefficient (Wildman–Crippen LogP) is 4.88. The molecule has 0 bridgehead atoms. The van der Waals surface area contributed by atoms with Crippen LogP contribution in [0, 0.1) is 0 Å². The summed E-state index contributed by atoms with van der Waals surface area (Å²) in [6.07, 6.45) is 1.62. The first-order valence-electron chi connectivity index (χ1n) is 6.24. The molecule has 112 valence electrons. The van der Waals surface area contributed by atoms with Crippen LogP contribution in [0.3, 0.4) is 0 Å². The molecule has 7 heteroatoms. The van der Waals surface area contributed by atoms with Crippen molar-refractivity contribution in [1.29, 1.82) is 0 Å². The summed E-state index contributed by atoms with van der Waals surface area (Å²) in [5.74, 6) is -0.709. The summed E-state index contributed by atoms with van der Waals surface area (Å²) in [5, 5.41) is 10.9. The van der Waals surface area contributed by atoms with E-state index in [1.807, 2.05) is 0 Å². The van der Waals surface area contributed by atoms with Crippen LogP contribution < -0.4 is 4.74 Å². The van der Waals surface area contributed by atoms with Crippen LogP contribution in [-0.2, 0) is 6.61 Å². The number of benzene rings is 1. The van der Waals surface area contributed by atoms with Crippen molar-refractivity contribution in [1.82, 2.24) is 4.98 Å². The number of thiophene rings is 1. The van der Waals surface area contributed by atoms with Crippen LogP contribution in [0.2, 0.25) is 10.0 Å². The fraction of sp³-hybridized carbons (Fsp3) is 0.0667. The van der Waals surface area contributed by atoms with Gasteiger partial charge in [0.25, 0.3) is 0 Å². The van der Waals surface area contributed by atoms with Crippen LogP contribution >= 0.6 is 34.5 Å². The van der Waals surface area contributed by atoms with Gasteiger partial charge in [-0.05, 0) is 29.8 Å². The second kappa shape index (κ2) is 6.12. The van der Waals surface area contributed by atoms with Gasteiger partial charge in [-0.1, -0.05) is 29.3 Å². The Morgan fingerprint density at radius 1 is 1.27 bits per heavy atom. The van der Waals surface area contributed by atoms with Gasteiger partial charge in [-0.2, -0.15) is 0 Å². The number of aromatic nitrogens is 1. The number of carboxylic acids is 1. The molecule has 0 aliphatic heterocycles. The second-order valence-corrected chi connectivity index (χ2v) is 6.27. The lowest BCUT2D eigenvalue weighted by Crippen LogP contribution is -2.00. The Labute approximate surface area is 139 Å². The van der Waals surface area contributed by atoms with E-state index in [9.17, 15) is 9.90 Å². The predicted molar refractivity (Wildman–Crippen MR) is 87.4 cm³/mol. The average Bonchev–Trinajstić information content (AvgIpc) is 2.87. The summed E-state index contributed by atoms with van der Waals surface area (Å²) in [7, 11) is 0. The highest BCUT2D eigenvalue weighted by Gasteiger charge is 2.20. The van der Waals surface area contributed by atoms with Crippen LogP contribution in [0.4, 0.5) is 0 Å². The largest absolute Gasteiger partial charge is 0.486 e. The number of ether oxygens (including phenoxy) is 1. The molecule has 0 atom stereocenters. The first-order valence-corrected chi connectivity index (χ1v) is 7.81. The van der Waals surface area contributed by atoms with Gasteiger partial charge in [-0.3, -0.25) is 0 Å². The molecule has 1 aromatic carbocycles. The van der Waals surface area contributed by atoms with Crippen molar-refractivity contribution >= 4 is 50.7 Å². The van der Waals surface area contributed by atoms with Gasteiger partial charge in [0.15, 0.2) is 10.6 Å². The Morgan fingerprint density at radius 3 is 2.82 bits per heavy atom. The first kappa shape index (κ1) is 15.1. The molecule has 1 N–H and O–H groups in total. The molecule has 3 rings (SSSR count). The molecule has 2 aromatic heterocycles. The molecule has 0 fully saturated rings. The molecule has 2 heterocycles. The van der Waals surface area contributed by atoms with E-state index in [0.717, 1.165) is 16.9 Å². The SMILES string of the molecule is O=C(O)c1sc2ncccc2c1OCc1ccc(Cl)c(Cl)c1. The number of nitrogens with zero attached hydrogens (tertiary/aromatic N) is 1. The van der Waals surface area contributed by atoms with Gasteiger partial charge < -0.3 is 9.84 Å². The van der Waals surface area contributed by atoms with E-state index in [1.165, 1.54) is 0 Å². The number of carbonyl (C=O) groups is 1. The minimum absolute atomic E-state index is 0.133. The van der Waals surface area contributed by atoms with Gasteiger partial charge >= 0.3 is 5.97 Å². The number of hydrogen-bond donors (Lipinski definition) is 1. The number of aromatic carboxylic acids is 1. The lowest BCUT2D eigenvalue weighted by Gasteiger charge is -2.07. The lowest BCUT2D eigenvalue weighted by atomic mass is 10.2. The first-order chi connectivity index (χ1) is 10.6. The van der Waals surface area contributed by atoms with Crippen LogP contribution in [0.1, 0.15) is 15.2 Å². The number of carboxylic acid groups (broad SMARTS) is 1. The second-order valence-electron chi connectivity index (χ2n) is 4.46. The molecule has 0 aliphatic carbocycles. The Kier molecular flexibility index (Phi) is 4.20. The van der Waals surface area contributed by atoms with E-state index in [4.69, 9.17) is 27.9 Å². The fourth-order valence-corrected chi connectivity index (χ4v) is 3.23. The van der Waals surface area contributed by atoms with Crippen molar-refractivity contribution in [3.8, 4) is 5.75 Å². The molecule has 0 radical (unpaired) electrons. The number of rotatable bonds is 4. The molecule has 0 saturated carbocycles. The molecule has 0 spiro atoms. The maximum atomic E-state index is 11.4. The number of fused-ring (bicyclic) bond motifs is 1. The third kappa shape index (κ3) is 2.88.